The third-order valence-corrected chi connectivity index (χ3v) is 6.60. The number of fused-ring (bicyclic) bond motifs is 2. The van der Waals surface area contributed by atoms with Crippen molar-refractivity contribution in [1.82, 2.24) is 9.80 Å². The van der Waals surface area contributed by atoms with E-state index in [0.29, 0.717) is 12.0 Å². The Balaban J connectivity index is 1.82. The van der Waals surface area contributed by atoms with E-state index in [1.54, 1.807) is 17.4 Å². The molecule has 1 aromatic heterocycles. The van der Waals surface area contributed by atoms with Crippen LogP contribution in [0.1, 0.15) is 37.1 Å². The smallest absolute Gasteiger partial charge is 0.139 e. The van der Waals surface area contributed by atoms with Gasteiger partial charge in [0, 0.05) is 30.6 Å². The Bertz CT molecular complexity index is 857. The third-order valence-electron chi connectivity index (χ3n) is 5.25. The molecule has 1 fully saturated rings. The molecule has 2 aliphatic rings. The van der Waals surface area contributed by atoms with Gasteiger partial charge >= 0.3 is 0 Å². The van der Waals surface area contributed by atoms with Crippen LogP contribution in [0, 0.1) is 5.82 Å². The van der Waals surface area contributed by atoms with Gasteiger partial charge in [-0.1, -0.05) is 13.8 Å². The van der Waals surface area contributed by atoms with Crippen LogP contribution in [0.2, 0.25) is 0 Å². The maximum Gasteiger partial charge on any atom is 0.139 e. The topological polar surface area (TPSA) is 30.9 Å². The molecule has 2 aromatic rings. The standard InChI is InChI=1S/C20H25FN4S/c1-12(2)18-10-15-19(25-8-7-24(4)13(3)11-25)22-16-6-5-14(21)9-17(16)23-20(15)26-18/h5-6,9-10,12-13,23H,7-8,11H2,1-4H3/t13-/m0/s1. The average Bonchev–Trinajstić information content (AvgIpc) is 2.95. The molecule has 0 bridgehead atoms. The lowest BCUT2D eigenvalue weighted by Crippen LogP contribution is -2.52. The molecule has 4 rings (SSSR count). The Morgan fingerprint density at radius 3 is 2.81 bits per heavy atom. The lowest BCUT2D eigenvalue weighted by Gasteiger charge is -2.39. The van der Waals surface area contributed by atoms with Gasteiger partial charge in [-0.2, -0.15) is 0 Å². The van der Waals surface area contributed by atoms with E-state index in [0.717, 1.165) is 47.4 Å². The maximum absolute atomic E-state index is 13.8. The Labute approximate surface area is 158 Å². The number of nitrogens with zero attached hydrogens (tertiary/aromatic N) is 3. The van der Waals surface area contributed by atoms with Crippen molar-refractivity contribution in [1.29, 1.82) is 0 Å². The number of nitrogens with one attached hydrogen (secondary N) is 1. The Hall–Kier alpha value is -1.92. The highest BCUT2D eigenvalue weighted by Crippen LogP contribution is 2.41. The van der Waals surface area contributed by atoms with Gasteiger partial charge < -0.3 is 15.1 Å². The molecule has 3 heterocycles. The van der Waals surface area contributed by atoms with Crippen molar-refractivity contribution in [3.8, 4) is 0 Å². The summed E-state index contributed by atoms with van der Waals surface area (Å²) in [5.74, 6) is 1.21. The molecule has 1 aromatic carbocycles. The van der Waals surface area contributed by atoms with Crippen LogP contribution in [-0.2, 0) is 0 Å². The summed E-state index contributed by atoms with van der Waals surface area (Å²) in [6, 6.07) is 7.50. The van der Waals surface area contributed by atoms with Crippen LogP contribution in [0.4, 0.5) is 20.8 Å². The fourth-order valence-corrected chi connectivity index (χ4v) is 4.51. The quantitative estimate of drug-likeness (QED) is 0.781. The van der Waals surface area contributed by atoms with Crippen molar-refractivity contribution in [3.63, 3.8) is 0 Å². The van der Waals surface area contributed by atoms with Gasteiger partial charge in [0.25, 0.3) is 0 Å². The van der Waals surface area contributed by atoms with Crippen LogP contribution in [-0.4, -0.2) is 48.4 Å². The van der Waals surface area contributed by atoms with Crippen molar-refractivity contribution in [2.45, 2.75) is 32.7 Å². The molecule has 4 nitrogen and oxygen atoms in total. The average molecular weight is 373 g/mol. The summed E-state index contributed by atoms with van der Waals surface area (Å²) in [7, 11) is 2.17. The first-order chi connectivity index (χ1) is 12.4. The fourth-order valence-electron chi connectivity index (χ4n) is 3.44. The number of thiophene rings is 1. The molecule has 1 saturated heterocycles. The van der Waals surface area contributed by atoms with Crippen LogP contribution in [0.5, 0.6) is 0 Å². The first-order valence-electron chi connectivity index (χ1n) is 9.17. The lowest BCUT2D eigenvalue weighted by atomic mass is 10.1. The summed E-state index contributed by atoms with van der Waals surface area (Å²) >= 11 is 1.74. The summed E-state index contributed by atoms with van der Waals surface area (Å²) < 4.78 is 13.8. The van der Waals surface area contributed by atoms with Gasteiger partial charge in [0.15, 0.2) is 0 Å². The molecule has 0 aliphatic carbocycles. The zero-order valence-electron chi connectivity index (χ0n) is 15.7. The molecular formula is C20H25FN4S. The normalized spacial score (nSPS) is 20.3. The summed E-state index contributed by atoms with van der Waals surface area (Å²) in [5, 5.41) is 4.49. The van der Waals surface area contributed by atoms with Gasteiger partial charge in [-0.05, 0) is 44.2 Å². The number of anilines is 2. The van der Waals surface area contributed by atoms with Gasteiger partial charge in [-0.3, -0.25) is 0 Å². The van der Waals surface area contributed by atoms with E-state index < -0.39 is 0 Å². The second-order valence-electron chi connectivity index (χ2n) is 7.54. The van der Waals surface area contributed by atoms with Gasteiger partial charge in [-0.15, -0.1) is 11.3 Å². The Morgan fingerprint density at radius 1 is 1.27 bits per heavy atom. The minimum Gasteiger partial charge on any atom is -0.353 e. The van der Waals surface area contributed by atoms with E-state index in [2.05, 4.69) is 49.0 Å². The number of hydrogen-bond donors (Lipinski definition) is 1. The Morgan fingerprint density at radius 2 is 2.08 bits per heavy atom. The zero-order chi connectivity index (χ0) is 18.4. The largest absolute Gasteiger partial charge is 0.353 e. The second-order valence-corrected chi connectivity index (χ2v) is 8.63. The number of likely N-dealkylation sites (N-methyl/N-ethyl adjacent to an activating group) is 1. The maximum atomic E-state index is 13.8. The van der Waals surface area contributed by atoms with Crippen LogP contribution < -0.4 is 5.32 Å². The minimum absolute atomic E-state index is 0.245. The van der Waals surface area contributed by atoms with Crippen molar-refractivity contribution >= 4 is 33.5 Å². The van der Waals surface area contributed by atoms with Gasteiger partial charge in [-0.25, -0.2) is 9.38 Å². The summed E-state index contributed by atoms with van der Waals surface area (Å²) in [5.41, 5.74) is 2.66. The number of amidine groups is 1. The first-order valence-corrected chi connectivity index (χ1v) is 9.98. The molecule has 2 aliphatic heterocycles. The number of halogens is 1. The molecule has 26 heavy (non-hydrogen) atoms. The van der Waals surface area contributed by atoms with E-state index in [1.165, 1.54) is 17.0 Å². The van der Waals surface area contributed by atoms with Crippen molar-refractivity contribution in [3.05, 3.63) is 40.5 Å². The van der Waals surface area contributed by atoms with Crippen molar-refractivity contribution in [2.75, 3.05) is 32.0 Å². The van der Waals surface area contributed by atoms with E-state index in [1.807, 2.05) is 0 Å². The van der Waals surface area contributed by atoms with E-state index in [4.69, 9.17) is 4.99 Å². The SMILES string of the molecule is CC(C)c1cc2c(s1)Nc1cc(F)ccc1N=C2N1CCN(C)[C@@H](C)C1. The minimum atomic E-state index is -0.245. The zero-order valence-corrected chi connectivity index (χ0v) is 16.5. The molecule has 0 spiro atoms. The predicted molar refractivity (Wildman–Crippen MR) is 108 cm³/mol. The van der Waals surface area contributed by atoms with Crippen LogP contribution in [0.15, 0.2) is 29.3 Å². The van der Waals surface area contributed by atoms with E-state index in [-0.39, 0.29) is 5.82 Å². The molecule has 1 N–H and O–H groups in total. The summed E-state index contributed by atoms with van der Waals surface area (Å²) in [4.78, 5) is 11.0. The number of rotatable bonds is 1. The van der Waals surface area contributed by atoms with E-state index in [9.17, 15) is 4.39 Å². The molecule has 0 radical (unpaired) electrons. The third kappa shape index (κ3) is 3.12. The Kier molecular flexibility index (Phi) is 4.49. The number of piperazine rings is 1. The summed E-state index contributed by atoms with van der Waals surface area (Å²) in [6.45, 7) is 9.56. The first kappa shape index (κ1) is 17.5. The molecular weight excluding hydrogens is 347 g/mol. The molecule has 6 heteroatoms. The molecule has 0 unspecified atom stereocenters. The van der Waals surface area contributed by atoms with Crippen LogP contribution >= 0.6 is 11.3 Å². The number of aliphatic imine (C=N–C) groups is 1. The molecule has 0 saturated carbocycles. The molecule has 1 atom stereocenters. The molecule has 0 amide bonds. The monoisotopic (exact) mass is 372 g/mol. The lowest BCUT2D eigenvalue weighted by molar-refractivity contribution is 0.153. The van der Waals surface area contributed by atoms with Gasteiger partial charge in [0.2, 0.25) is 0 Å². The second kappa shape index (κ2) is 6.67. The predicted octanol–water partition coefficient (Wildman–Crippen LogP) is 4.78. The van der Waals surface area contributed by atoms with Crippen LogP contribution in [0.3, 0.4) is 0 Å². The van der Waals surface area contributed by atoms with Crippen LogP contribution in [0.25, 0.3) is 0 Å². The van der Waals surface area contributed by atoms with Crippen molar-refractivity contribution < 1.29 is 4.39 Å². The fraction of sp³-hybridized carbons (Fsp3) is 0.450. The highest BCUT2D eigenvalue weighted by molar-refractivity contribution is 7.16. The highest BCUT2D eigenvalue weighted by atomic mass is 32.1. The van der Waals surface area contributed by atoms with Gasteiger partial charge in [0.1, 0.15) is 16.7 Å². The van der Waals surface area contributed by atoms with Gasteiger partial charge in [0.05, 0.1) is 16.9 Å². The number of hydrogen-bond acceptors (Lipinski definition) is 5. The van der Waals surface area contributed by atoms with E-state index >= 15 is 0 Å². The highest BCUT2D eigenvalue weighted by Gasteiger charge is 2.28. The van der Waals surface area contributed by atoms with Crippen molar-refractivity contribution in [2.24, 2.45) is 4.99 Å². The number of benzene rings is 1. The summed E-state index contributed by atoms with van der Waals surface area (Å²) in [6.07, 6.45) is 0. The molecule has 138 valence electrons.